The number of nitro benzene ring substituents is 1. The summed E-state index contributed by atoms with van der Waals surface area (Å²) in [6, 6.07) is 5.64. The largest absolute Gasteiger partial charge is 0.477 e. The predicted molar refractivity (Wildman–Crippen MR) is 69.8 cm³/mol. The highest BCUT2D eigenvalue weighted by atomic mass is 16.6. The molecule has 0 saturated heterocycles. The van der Waals surface area contributed by atoms with Crippen molar-refractivity contribution >= 4 is 17.6 Å². The molecule has 0 bridgehead atoms. The van der Waals surface area contributed by atoms with Crippen LogP contribution in [0, 0.1) is 10.1 Å². The van der Waals surface area contributed by atoms with E-state index in [4.69, 9.17) is 5.11 Å². The molecule has 0 aliphatic carbocycles. The van der Waals surface area contributed by atoms with E-state index in [0.717, 1.165) is 6.33 Å². The summed E-state index contributed by atoms with van der Waals surface area (Å²) in [6.07, 6.45) is 1.12. The maximum Gasteiger partial charge on any atom is 0.354 e. The molecule has 3 N–H and O–H groups in total. The van der Waals surface area contributed by atoms with Crippen LogP contribution in [0.15, 0.2) is 30.6 Å². The molecule has 0 saturated carbocycles. The van der Waals surface area contributed by atoms with Crippen molar-refractivity contribution in [2.75, 3.05) is 0 Å². The molecular weight excluding hydrogens is 280 g/mol. The first-order chi connectivity index (χ1) is 9.99. The van der Waals surface area contributed by atoms with Gasteiger partial charge >= 0.3 is 5.97 Å². The summed E-state index contributed by atoms with van der Waals surface area (Å²) in [5, 5.41) is 21.9. The molecule has 1 amide bonds. The number of hydrogen-bond donors (Lipinski definition) is 3. The van der Waals surface area contributed by atoms with Crippen LogP contribution in [0.25, 0.3) is 0 Å². The van der Waals surface area contributed by atoms with Crippen LogP contribution < -0.4 is 5.32 Å². The van der Waals surface area contributed by atoms with Gasteiger partial charge in [0, 0.05) is 18.7 Å². The number of carboxylic acids is 1. The lowest BCUT2D eigenvalue weighted by Crippen LogP contribution is -2.25. The number of nitro groups is 1. The Bertz CT molecular complexity index is 692. The molecule has 0 spiro atoms. The first-order valence-corrected chi connectivity index (χ1v) is 5.77. The number of carboxylic acid groups (broad SMARTS) is 1. The summed E-state index contributed by atoms with van der Waals surface area (Å²) in [5.41, 5.74) is 0.0764. The van der Waals surface area contributed by atoms with Gasteiger partial charge < -0.3 is 15.4 Å². The van der Waals surface area contributed by atoms with Crippen molar-refractivity contribution in [2.45, 2.75) is 6.54 Å². The van der Waals surface area contributed by atoms with Crippen molar-refractivity contribution in [1.82, 2.24) is 15.3 Å². The maximum absolute atomic E-state index is 11.8. The van der Waals surface area contributed by atoms with Crippen molar-refractivity contribution < 1.29 is 19.6 Å². The molecule has 1 aromatic heterocycles. The zero-order chi connectivity index (χ0) is 15.4. The van der Waals surface area contributed by atoms with Gasteiger partial charge in [-0.15, -0.1) is 0 Å². The van der Waals surface area contributed by atoms with Crippen molar-refractivity contribution in [2.24, 2.45) is 0 Å². The van der Waals surface area contributed by atoms with Gasteiger partial charge in [-0.05, 0) is 5.56 Å². The molecule has 0 fully saturated rings. The van der Waals surface area contributed by atoms with E-state index in [1.165, 1.54) is 24.3 Å². The van der Waals surface area contributed by atoms with Gasteiger partial charge in [0.15, 0.2) is 11.4 Å². The number of imidazole rings is 1. The summed E-state index contributed by atoms with van der Waals surface area (Å²) in [4.78, 5) is 38.7. The molecule has 0 aliphatic rings. The Balaban J connectivity index is 2.02. The maximum atomic E-state index is 11.8. The van der Waals surface area contributed by atoms with Crippen LogP contribution in [0.4, 0.5) is 5.69 Å². The topological polar surface area (TPSA) is 138 Å². The number of non-ortho nitro benzene ring substituents is 1. The van der Waals surface area contributed by atoms with E-state index < -0.39 is 16.8 Å². The second-order valence-corrected chi connectivity index (χ2v) is 4.04. The van der Waals surface area contributed by atoms with E-state index in [2.05, 4.69) is 15.3 Å². The van der Waals surface area contributed by atoms with Crippen LogP contribution in [0.2, 0.25) is 0 Å². The highest BCUT2D eigenvalue weighted by Crippen LogP contribution is 2.12. The molecule has 2 rings (SSSR count). The fraction of sp³-hybridized carbons (Fsp3) is 0.0833. The molecule has 108 valence electrons. The van der Waals surface area contributed by atoms with Gasteiger partial charge in [-0.25, -0.2) is 9.78 Å². The Kier molecular flexibility index (Phi) is 3.93. The predicted octanol–water partition coefficient (Wildman–Crippen LogP) is 0.946. The van der Waals surface area contributed by atoms with E-state index in [0.29, 0.717) is 5.56 Å². The van der Waals surface area contributed by atoms with Crippen molar-refractivity contribution in [3.8, 4) is 0 Å². The van der Waals surface area contributed by atoms with Gasteiger partial charge in [0.05, 0.1) is 11.3 Å². The average molecular weight is 290 g/mol. The number of benzene rings is 1. The molecule has 1 aromatic carbocycles. The SMILES string of the molecule is O=C(NCc1ccc([N+](=O)[O-])cc1)c1nc[nH]c1C(=O)O. The molecule has 9 nitrogen and oxygen atoms in total. The second-order valence-electron chi connectivity index (χ2n) is 4.04. The standard InChI is InChI=1S/C12H10N4O5/c17-11(9-10(12(18)19)15-6-14-9)13-5-7-1-3-8(4-2-7)16(20)21/h1-4,6H,5H2,(H,13,17)(H,14,15)(H,18,19). The Hall–Kier alpha value is -3.23. The summed E-state index contributed by atoms with van der Waals surface area (Å²) >= 11 is 0. The minimum absolute atomic E-state index is 0.0504. The fourth-order valence-corrected chi connectivity index (χ4v) is 1.63. The number of hydrogen-bond acceptors (Lipinski definition) is 5. The number of nitrogens with zero attached hydrogens (tertiary/aromatic N) is 2. The minimum Gasteiger partial charge on any atom is -0.477 e. The lowest BCUT2D eigenvalue weighted by atomic mass is 10.2. The number of aromatic nitrogens is 2. The van der Waals surface area contributed by atoms with Crippen LogP contribution in [-0.2, 0) is 6.54 Å². The van der Waals surface area contributed by atoms with E-state index in [1.807, 2.05) is 0 Å². The normalized spacial score (nSPS) is 10.1. The highest BCUT2D eigenvalue weighted by molar-refractivity contribution is 6.02. The zero-order valence-electron chi connectivity index (χ0n) is 10.6. The summed E-state index contributed by atoms with van der Waals surface area (Å²) in [6.45, 7) is 0.0999. The monoisotopic (exact) mass is 290 g/mol. The van der Waals surface area contributed by atoms with Crippen LogP contribution >= 0.6 is 0 Å². The third-order valence-electron chi connectivity index (χ3n) is 2.67. The highest BCUT2D eigenvalue weighted by Gasteiger charge is 2.19. The molecular formula is C12H10N4O5. The van der Waals surface area contributed by atoms with Gasteiger partial charge in [0.2, 0.25) is 0 Å². The minimum atomic E-state index is -1.28. The van der Waals surface area contributed by atoms with Crippen molar-refractivity contribution in [3.05, 3.63) is 57.7 Å². The van der Waals surface area contributed by atoms with Crippen LogP contribution in [0.5, 0.6) is 0 Å². The fourth-order valence-electron chi connectivity index (χ4n) is 1.63. The summed E-state index contributed by atoms with van der Waals surface area (Å²) in [5.74, 6) is -1.93. The number of carbonyl (C=O) groups excluding carboxylic acids is 1. The first kappa shape index (κ1) is 14.2. The number of H-pyrrole nitrogens is 1. The van der Waals surface area contributed by atoms with Crippen LogP contribution in [-0.4, -0.2) is 31.9 Å². The smallest absolute Gasteiger partial charge is 0.354 e. The molecule has 0 unspecified atom stereocenters. The Morgan fingerprint density at radius 3 is 2.57 bits per heavy atom. The molecule has 0 atom stereocenters. The number of carbonyl (C=O) groups is 2. The number of aromatic amines is 1. The molecule has 0 radical (unpaired) electrons. The lowest BCUT2D eigenvalue weighted by Gasteiger charge is -2.04. The van der Waals surface area contributed by atoms with Gasteiger partial charge in [0.1, 0.15) is 0 Å². The quantitative estimate of drug-likeness (QED) is 0.553. The molecule has 21 heavy (non-hydrogen) atoms. The third-order valence-corrected chi connectivity index (χ3v) is 2.67. The van der Waals surface area contributed by atoms with Gasteiger partial charge in [-0.3, -0.25) is 14.9 Å². The Morgan fingerprint density at radius 1 is 1.33 bits per heavy atom. The summed E-state index contributed by atoms with van der Waals surface area (Å²) in [7, 11) is 0. The van der Waals surface area contributed by atoms with Crippen molar-refractivity contribution in [1.29, 1.82) is 0 Å². The number of aromatic carboxylic acids is 1. The molecule has 1 heterocycles. The van der Waals surface area contributed by atoms with Crippen molar-refractivity contribution in [3.63, 3.8) is 0 Å². The van der Waals surface area contributed by atoms with Gasteiger partial charge in [-0.1, -0.05) is 12.1 Å². The number of rotatable bonds is 5. The zero-order valence-corrected chi connectivity index (χ0v) is 10.6. The van der Waals surface area contributed by atoms with E-state index in [-0.39, 0.29) is 23.6 Å². The summed E-state index contributed by atoms with van der Waals surface area (Å²) < 4.78 is 0. The van der Waals surface area contributed by atoms with Gasteiger partial charge in [0.25, 0.3) is 11.6 Å². The third kappa shape index (κ3) is 3.21. The van der Waals surface area contributed by atoms with E-state index >= 15 is 0 Å². The Morgan fingerprint density at radius 2 is 2.00 bits per heavy atom. The van der Waals surface area contributed by atoms with Crippen LogP contribution in [0.1, 0.15) is 26.5 Å². The average Bonchev–Trinajstić information content (AvgIpc) is 2.95. The molecule has 9 heteroatoms. The Labute approximate surface area is 117 Å². The molecule has 0 aliphatic heterocycles. The number of amides is 1. The van der Waals surface area contributed by atoms with Crippen LogP contribution in [0.3, 0.4) is 0 Å². The molecule has 2 aromatic rings. The first-order valence-electron chi connectivity index (χ1n) is 5.77. The van der Waals surface area contributed by atoms with Gasteiger partial charge in [-0.2, -0.15) is 0 Å². The second kappa shape index (κ2) is 5.82. The lowest BCUT2D eigenvalue weighted by molar-refractivity contribution is -0.384. The van der Waals surface area contributed by atoms with E-state index in [1.54, 1.807) is 0 Å². The number of nitrogens with one attached hydrogen (secondary N) is 2. The van der Waals surface area contributed by atoms with E-state index in [9.17, 15) is 19.7 Å².